The Hall–Kier alpha value is 0.138. The molecule has 0 amide bonds. The average Bonchev–Trinajstić information content (AvgIpc) is 2.15. The van der Waals surface area contributed by atoms with E-state index in [1.165, 1.54) is 0 Å². The lowest BCUT2D eigenvalue weighted by molar-refractivity contribution is 0.0580. The monoisotopic (exact) mass is 378 g/mol. The van der Waals surface area contributed by atoms with Gasteiger partial charge in [-0.2, -0.15) is 0 Å². The lowest BCUT2D eigenvalue weighted by atomic mass is 11.3. The van der Waals surface area contributed by atoms with Crippen molar-refractivity contribution in [3.05, 3.63) is 0 Å². The van der Waals surface area contributed by atoms with Crippen LogP contribution in [0.25, 0.3) is 0 Å². The molecule has 0 fully saturated rings. The van der Waals surface area contributed by atoms with Gasteiger partial charge in [0.25, 0.3) is 0 Å². The zero-order valence-corrected chi connectivity index (χ0v) is 20.9. The summed E-state index contributed by atoms with van der Waals surface area (Å²) in [5, 5.41) is 0.188. The van der Waals surface area contributed by atoms with Gasteiger partial charge in [0.2, 0.25) is 0 Å². The minimum Gasteiger partial charge on any atom is -0.439 e. The number of rotatable bonds is 6. The van der Waals surface area contributed by atoms with Crippen LogP contribution in [0.5, 0.6) is 0 Å². The Bertz CT molecular complexity index is 320. The Kier molecular flexibility index (Phi) is 6.99. The summed E-state index contributed by atoms with van der Waals surface area (Å²) >= 11 is 0. The highest BCUT2D eigenvalue weighted by atomic mass is 28.4. The van der Waals surface area contributed by atoms with Crippen LogP contribution in [-0.4, -0.2) is 49.2 Å². The van der Waals surface area contributed by atoms with E-state index in [1.54, 1.807) is 0 Å². The molecule has 0 aromatic heterocycles. The maximum atomic E-state index is 12.5. The van der Waals surface area contributed by atoms with Crippen molar-refractivity contribution in [1.29, 1.82) is 0 Å². The predicted molar refractivity (Wildman–Crippen MR) is 109 cm³/mol. The third-order valence-corrected chi connectivity index (χ3v) is 20.7. The Balaban J connectivity index is 5.20. The van der Waals surface area contributed by atoms with Crippen molar-refractivity contribution < 1.29 is 14.3 Å². The highest BCUT2D eigenvalue weighted by Gasteiger charge is 2.44. The van der Waals surface area contributed by atoms with E-state index in [0.717, 1.165) is 0 Å². The molecule has 22 heavy (non-hydrogen) atoms. The number of ether oxygens (including phenoxy) is 2. The molecular weight excluding hydrogens is 341 g/mol. The smallest absolute Gasteiger partial charge is 0.439 e. The number of hydrogen-bond acceptors (Lipinski definition) is 3. The topological polar surface area (TPSA) is 35.5 Å². The van der Waals surface area contributed by atoms with Crippen LogP contribution < -0.4 is 0 Å². The van der Waals surface area contributed by atoms with E-state index < -0.39 is 38.5 Å². The van der Waals surface area contributed by atoms with Crippen LogP contribution in [-0.2, 0) is 9.47 Å². The molecule has 0 unspecified atom stereocenters. The van der Waals surface area contributed by atoms with Crippen molar-refractivity contribution in [2.75, 3.05) is 0 Å². The second-order valence-corrected chi connectivity index (χ2v) is 32.9. The van der Waals surface area contributed by atoms with Crippen LogP contribution in [0.1, 0.15) is 0 Å². The van der Waals surface area contributed by atoms with Crippen molar-refractivity contribution >= 4 is 38.5 Å². The van der Waals surface area contributed by atoms with Crippen LogP contribution >= 0.6 is 0 Å². The molecule has 0 rings (SSSR count). The standard InChI is InChI=1S/C15H38O3Si4/c1-19(2,3)14(20(4,5)6)17-13(16)18-15(21(7,8)9)22(10,11)12/h14-15H,1-12H3. The van der Waals surface area contributed by atoms with Crippen molar-refractivity contribution in [1.82, 2.24) is 0 Å². The molecule has 0 aromatic carbocycles. The van der Waals surface area contributed by atoms with E-state index in [2.05, 4.69) is 78.6 Å². The predicted octanol–water partition coefficient (Wildman–Crippen LogP) is 5.39. The zero-order chi connectivity index (χ0) is 18.1. The van der Waals surface area contributed by atoms with Gasteiger partial charge in [-0.25, -0.2) is 4.79 Å². The molecule has 0 aliphatic heterocycles. The van der Waals surface area contributed by atoms with Gasteiger partial charge in [0.05, 0.1) is 43.0 Å². The molecule has 0 bridgehead atoms. The number of hydrogen-bond donors (Lipinski definition) is 0. The zero-order valence-electron chi connectivity index (χ0n) is 16.9. The maximum absolute atomic E-state index is 12.5. The fraction of sp³-hybridized carbons (Fsp3) is 0.933. The molecule has 0 saturated carbocycles. The summed E-state index contributed by atoms with van der Waals surface area (Å²) < 4.78 is 11.8. The van der Waals surface area contributed by atoms with Crippen LogP contribution in [0.2, 0.25) is 78.6 Å². The number of carbonyl (C=O) groups is 1. The second kappa shape index (κ2) is 6.94. The largest absolute Gasteiger partial charge is 0.507 e. The van der Waals surface area contributed by atoms with E-state index in [0.29, 0.717) is 0 Å². The second-order valence-electron chi connectivity index (χ2n) is 10.7. The summed E-state index contributed by atoms with van der Waals surface area (Å²) in [6.45, 7) is 27.3. The third-order valence-electron chi connectivity index (χ3n) is 3.57. The first kappa shape index (κ1) is 22.1. The van der Waals surface area contributed by atoms with Gasteiger partial charge >= 0.3 is 6.16 Å². The Morgan fingerprint density at radius 1 is 0.545 bits per heavy atom. The molecule has 7 heteroatoms. The van der Waals surface area contributed by atoms with E-state index >= 15 is 0 Å². The first-order valence-electron chi connectivity index (χ1n) is 8.24. The SMILES string of the molecule is C[Si](C)(C)C(OC(=O)OC([Si](C)(C)C)[Si](C)(C)C)[Si](C)(C)C. The molecule has 132 valence electrons. The van der Waals surface area contributed by atoms with Gasteiger partial charge in [0.1, 0.15) is 0 Å². The molecule has 0 saturated heterocycles. The van der Waals surface area contributed by atoms with E-state index in [9.17, 15) is 4.79 Å². The van der Waals surface area contributed by atoms with Crippen LogP contribution in [0.4, 0.5) is 4.79 Å². The van der Waals surface area contributed by atoms with Gasteiger partial charge in [0.15, 0.2) is 0 Å². The van der Waals surface area contributed by atoms with Gasteiger partial charge in [-0.15, -0.1) is 0 Å². The minimum absolute atomic E-state index is 0.0939. The molecule has 0 spiro atoms. The van der Waals surface area contributed by atoms with Crippen molar-refractivity contribution in [2.24, 2.45) is 0 Å². The van der Waals surface area contributed by atoms with Gasteiger partial charge in [-0.3, -0.25) is 0 Å². The molecular formula is C15H38O3Si4. The third kappa shape index (κ3) is 7.14. The Labute approximate surface area is 142 Å². The summed E-state index contributed by atoms with van der Waals surface area (Å²) in [5.74, 6) is 0. The molecule has 0 aliphatic carbocycles. The molecule has 0 aliphatic rings. The summed E-state index contributed by atoms with van der Waals surface area (Å²) in [5.41, 5.74) is 0. The van der Waals surface area contributed by atoms with Gasteiger partial charge in [0, 0.05) is 0 Å². The molecule has 0 heterocycles. The minimum atomic E-state index is -1.57. The number of carbonyl (C=O) groups excluding carboxylic acids is 1. The van der Waals surface area contributed by atoms with Crippen LogP contribution in [0, 0.1) is 0 Å². The fourth-order valence-corrected chi connectivity index (χ4v) is 26.1. The lowest BCUT2D eigenvalue weighted by Crippen LogP contribution is -2.59. The molecule has 0 radical (unpaired) electrons. The molecule has 0 N–H and O–H groups in total. The summed E-state index contributed by atoms with van der Waals surface area (Å²) in [7, 11) is -6.27. The summed E-state index contributed by atoms with van der Waals surface area (Å²) in [6, 6.07) is 0. The molecule has 0 atom stereocenters. The summed E-state index contributed by atoms with van der Waals surface area (Å²) in [4.78, 5) is 12.5. The van der Waals surface area contributed by atoms with Gasteiger partial charge in [-0.1, -0.05) is 78.6 Å². The lowest BCUT2D eigenvalue weighted by Gasteiger charge is -2.40. The molecule has 0 aromatic rings. The van der Waals surface area contributed by atoms with E-state index in [1.807, 2.05) is 0 Å². The van der Waals surface area contributed by atoms with Gasteiger partial charge in [-0.05, 0) is 0 Å². The van der Waals surface area contributed by atoms with Crippen molar-refractivity contribution in [3.63, 3.8) is 0 Å². The van der Waals surface area contributed by atoms with E-state index in [4.69, 9.17) is 9.47 Å². The highest BCUT2D eigenvalue weighted by molar-refractivity contribution is 6.97. The highest BCUT2D eigenvalue weighted by Crippen LogP contribution is 2.26. The quantitative estimate of drug-likeness (QED) is 0.459. The first-order chi connectivity index (χ1) is 9.37. The van der Waals surface area contributed by atoms with Crippen LogP contribution in [0.15, 0.2) is 0 Å². The fourth-order valence-electron chi connectivity index (χ4n) is 3.53. The normalized spacial score (nSPS) is 14.5. The first-order valence-corrected chi connectivity index (χ1v) is 22.5. The summed E-state index contributed by atoms with van der Waals surface area (Å²) in [6.07, 6.45) is -0.426. The van der Waals surface area contributed by atoms with Crippen molar-refractivity contribution in [3.8, 4) is 0 Å². The average molecular weight is 379 g/mol. The molecule has 3 nitrogen and oxygen atoms in total. The van der Waals surface area contributed by atoms with Gasteiger partial charge < -0.3 is 9.47 Å². The van der Waals surface area contributed by atoms with E-state index in [-0.39, 0.29) is 10.7 Å². The Morgan fingerprint density at radius 3 is 0.864 bits per heavy atom. The van der Waals surface area contributed by atoms with Crippen LogP contribution in [0.3, 0.4) is 0 Å². The Morgan fingerprint density at radius 2 is 0.727 bits per heavy atom. The van der Waals surface area contributed by atoms with Crippen molar-refractivity contribution in [2.45, 2.75) is 89.3 Å². The maximum Gasteiger partial charge on any atom is 0.507 e.